The Morgan fingerprint density at radius 3 is 1.14 bits per heavy atom. The number of hydrogen-bond donors (Lipinski definition) is 0. The molecule has 0 fully saturated rings. The highest BCUT2D eigenvalue weighted by atomic mass is 15.4. The minimum Gasteiger partial charge on any atom is -0.359 e. The predicted octanol–water partition coefficient (Wildman–Crippen LogP) is 11.6. The molecule has 1 aliphatic rings. The largest absolute Gasteiger partial charge is 0.359 e. The summed E-state index contributed by atoms with van der Waals surface area (Å²) >= 11 is 0. The molecule has 0 saturated heterocycles. The van der Waals surface area contributed by atoms with Crippen molar-refractivity contribution in [3.05, 3.63) is 12.4 Å². The Hall–Kier alpha value is -0.660. The van der Waals surface area contributed by atoms with Gasteiger partial charge in [-0.25, -0.2) is 0 Å². The number of nitrogens with zero attached hydrogens (tertiary/aromatic N) is 2. The summed E-state index contributed by atoms with van der Waals surface area (Å²) in [5.41, 5.74) is 0. The first kappa shape index (κ1) is 33.4. The van der Waals surface area contributed by atoms with E-state index in [4.69, 9.17) is 0 Å². The molecule has 1 atom stereocenters. The standard InChI is InChI=1S/C34H68N2/c1-4-6-8-10-12-14-16-18-19-20-22-24-26-28-30-34-35(3)32-33-36(34)31-29-27-25-23-21-17-15-13-11-9-7-5-2/h32-34H,4-31H2,1-3H3. The van der Waals surface area contributed by atoms with Gasteiger partial charge in [0.05, 0.1) is 0 Å². The molecule has 0 radical (unpaired) electrons. The number of unbranched alkanes of at least 4 members (excludes halogenated alkanes) is 24. The van der Waals surface area contributed by atoms with E-state index in [1.807, 2.05) is 0 Å². The summed E-state index contributed by atoms with van der Waals surface area (Å²) in [7, 11) is 2.27. The van der Waals surface area contributed by atoms with Crippen molar-refractivity contribution >= 4 is 0 Å². The Morgan fingerprint density at radius 1 is 0.417 bits per heavy atom. The summed E-state index contributed by atoms with van der Waals surface area (Å²) in [5, 5.41) is 0. The first-order valence-electron chi connectivity index (χ1n) is 17.0. The van der Waals surface area contributed by atoms with Gasteiger partial charge in [0, 0.05) is 26.0 Å². The highest BCUT2D eigenvalue weighted by Crippen LogP contribution is 2.22. The molecule has 0 aromatic carbocycles. The molecule has 36 heavy (non-hydrogen) atoms. The minimum atomic E-state index is 0.620. The van der Waals surface area contributed by atoms with E-state index < -0.39 is 0 Å². The van der Waals surface area contributed by atoms with Gasteiger partial charge < -0.3 is 9.80 Å². The molecule has 0 spiro atoms. The molecular weight excluding hydrogens is 436 g/mol. The molecule has 214 valence electrons. The van der Waals surface area contributed by atoms with Gasteiger partial charge in [0.1, 0.15) is 6.17 Å². The van der Waals surface area contributed by atoms with Crippen LogP contribution in [0.3, 0.4) is 0 Å². The molecule has 1 unspecified atom stereocenters. The SMILES string of the molecule is CCCCCCCCCCCCCCCCC1N(C)C=CN1CCCCCCCCCCCCCC. The fourth-order valence-corrected chi connectivity index (χ4v) is 5.87. The zero-order valence-corrected chi connectivity index (χ0v) is 25.4. The second kappa shape index (κ2) is 26.0. The average molecular weight is 505 g/mol. The van der Waals surface area contributed by atoms with Gasteiger partial charge in [-0.2, -0.15) is 0 Å². The van der Waals surface area contributed by atoms with Gasteiger partial charge in [-0.05, 0) is 19.3 Å². The maximum Gasteiger partial charge on any atom is 0.100 e. The topological polar surface area (TPSA) is 6.48 Å². The first-order valence-corrected chi connectivity index (χ1v) is 17.0. The molecule has 0 saturated carbocycles. The molecule has 1 heterocycles. The van der Waals surface area contributed by atoms with Gasteiger partial charge >= 0.3 is 0 Å². The lowest BCUT2D eigenvalue weighted by molar-refractivity contribution is 0.159. The van der Waals surface area contributed by atoms with Crippen molar-refractivity contribution < 1.29 is 0 Å². The first-order chi connectivity index (χ1) is 17.8. The van der Waals surface area contributed by atoms with E-state index in [1.54, 1.807) is 0 Å². The van der Waals surface area contributed by atoms with Crippen molar-refractivity contribution in [2.75, 3.05) is 13.6 Å². The maximum atomic E-state index is 2.62. The van der Waals surface area contributed by atoms with Crippen molar-refractivity contribution in [2.24, 2.45) is 0 Å². The van der Waals surface area contributed by atoms with Crippen LogP contribution in [0.5, 0.6) is 0 Å². The Bertz CT molecular complexity index is 460. The molecule has 2 nitrogen and oxygen atoms in total. The molecule has 0 aromatic heterocycles. The fourth-order valence-electron chi connectivity index (χ4n) is 5.87. The van der Waals surface area contributed by atoms with Gasteiger partial charge in [-0.1, -0.05) is 168 Å². The quantitative estimate of drug-likeness (QED) is 0.0977. The molecule has 0 aliphatic carbocycles. The molecule has 0 N–H and O–H groups in total. The van der Waals surface area contributed by atoms with Crippen molar-refractivity contribution in [3.63, 3.8) is 0 Å². The van der Waals surface area contributed by atoms with E-state index in [9.17, 15) is 0 Å². The van der Waals surface area contributed by atoms with E-state index in [0.717, 1.165) is 0 Å². The van der Waals surface area contributed by atoms with Crippen molar-refractivity contribution in [3.8, 4) is 0 Å². The van der Waals surface area contributed by atoms with Gasteiger partial charge in [-0.15, -0.1) is 0 Å². The van der Waals surface area contributed by atoms with Crippen LogP contribution in [0.25, 0.3) is 0 Å². The van der Waals surface area contributed by atoms with E-state index in [-0.39, 0.29) is 0 Å². The van der Waals surface area contributed by atoms with Gasteiger partial charge in [-0.3, -0.25) is 0 Å². The molecule has 0 bridgehead atoms. The van der Waals surface area contributed by atoms with Gasteiger partial charge in [0.25, 0.3) is 0 Å². The number of rotatable bonds is 28. The second-order valence-electron chi connectivity index (χ2n) is 12.0. The van der Waals surface area contributed by atoms with Crippen LogP contribution in [0, 0.1) is 0 Å². The Kier molecular flexibility index (Phi) is 24.1. The monoisotopic (exact) mass is 505 g/mol. The zero-order valence-electron chi connectivity index (χ0n) is 25.4. The third-order valence-corrected chi connectivity index (χ3v) is 8.43. The zero-order chi connectivity index (χ0) is 25.9. The summed E-state index contributed by atoms with van der Waals surface area (Å²) < 4.78 is 0. The van der Waals surface area contributed by atoms with E-state index in [1.165, 1.54) is 180 Å². The minimum absolute atomic E-state index is 0.620. The van der Waals surface area contributed by atoms with Crippen LogP contribution in [0.1, 0.15) is 187 Å². The van der Waals surface area contributed by atoms with Crippen LogP contribution < -0.4 is 0 Å². The molecule has 0 amide bonds. The summed E-state index contributed by atoms with van der Waals surface area (Å²) in [5.74, 6) is 0. The van der Waals surface area contributed by atoms with Crippen LogP contribution in [0.2, 0.25) is 0 Å². The van der Waals surface area contributed by atoms with E-state index in [0.29, 0.717) is 6.17 Å². The maximum absolute atomic E-state index is 2.62. The normalized spacial score (nSPS) is 15.5. The molecule has 1 aliphatic heterocycles. The summed E-state index contributed by atoms with van der Waals surface area (Å²) in [6.07, 6.45) is 44.1. The Labute approximate surface area is 229 Å². The van der Waals surface area contributed by atoms with Crippen LogP contribution in [0.4, 0.5) is 0 Å². The van der Waals surface area contributed by atoms with Crippen molar-refractivity contribution in [2.45, 2.75) is 193 Å². The molecular formula is C34H68N2. The third kappa shape index (κ3) is 19.5. The second-order valence-corrected chi connectivity index (χ2v) is 12.0. The van der Waals surface area contributed by atoms with Crippen LogP contribution >= 0.6 is 0 Å². The van der Waals surface area contributed by atoms with Crippen LogP contribution in [0.15, 0.2) is 12.4 Å². The van der Waals surface area contributed by atoms with Gasteiger partial charge in [0.15, 0.2) is 0 Å². The highest BCUT2D eigenvalue weighted by Gasteiger charge is 2.22. The van der Waals surface area contributed by atoms with Crippen molar-refractivity contribution in [1.29, 1.82) is 0 Å². The Morgan fingerprint density at radius 2 is 0.750 bits per heavy atom. The lowest BCUT2D eigenvalue weighted by atomic mass is 10.0. The lowest BCUT2D eigenvalue weighted by Crippen LogP contribution is -2.37. The summed E-state index contributed by atoms with van der Waals surface area (Å²) in [6, 6.07) is 0. The third-order valence-electron chi connectivity index (χ3n) is 8.43. The van der Waals surface area contributed by atoms with Crippen LogP contribution in [-0.4, -0.2) is 29.6 Å². The predicted molar refractivity (Wildman–Crippen MR) is 163 cm³/mol. The average Bonchev–Trinajstić information content (AvgIpc) is 3.23. The van der Waals surface area contributed by atoms with Gasteiger partial charge in [0.2, 0.25) is 0 Å². The fraction of sp³-hybridized carbons (Fsp3) is 0.941. The van der Waals surface area contributed by atoms with Crippen molar-refractivity contribution in [1.82, 2.24) is 9.80 Å². The molecule has 0 aromatic rings. The lowest BCUT2D eigenvalue weighted by Gasteiger charge is -2.30. The highest BCUT2D eigenvalue weighted by molar-refractivity contribution is 4.95. The summed E-state index contributed by atoms with van der Waals surface area (Å²) in [4.78, 5) is 5.07. The molecule has 1 rings (SSSR count). The number of hydrogen-bond acceptors (Lipinski definition) is 2. The Balaban J connectivity index is 1.89. The van der Waals surface area contributed by atoms with Crippen LogP contribution in [-0.2, 0) is 0 Å². The van der Waals surface area contributed by atoms with E-state index in [2.05, 4.69) is 43.1 Å². The molecule has 2 heteroatoms. The van der Waals surface area contributed by atoms with E-state index >= 15 is 0 Å². The summed E-state index contributed by atoms with van der Waals surface area (Å²) in [6.45, 7) is 5.86. The smallest absolute Gasteiger partial charge is 0.100 e.